The molecule has 3 rings (SSSR count). The van der Waals surface area contributed by atoms with Gasteiger partial charge in [0.2, 0.25) is 6.79 Å². The summed E-state index contributed by atoms with van der Waals surface area (Å²) in [4.78, 5) is 0. The molecule has 0 spiro atoms. The quantitative estimate of drug-likeness (QED) is 0.762. The summed E-state index contributed by atoms with van der Waals surface area (Å²) in [7, 11) is 0. The lowest BCUT2D eigenvalue weighted by Gasteiger charge is -2.06. The van der Waals surface area contributed by atoms with E-state index in [9.17, 15) is 0 Å². The van der Waals surface area contributed by atoms with Gasteiger partial charge in [0.15, 0.2) is 11.5 Å². The first-order chi connectivity index (χ1) is 10.4. The monoisotopic (exact) mass is 289 g/mol. The standard InChI is InChI=1S/C15H19N3O3/c1-2-19-6-5-16-8-12-9-17-18-15(12)11-3-4-13-14(7-11)21-10-20-13/h3-4,7,9,16H,2,5-6,8,10H2,1H3,(H,17,18). The number of aromatic amines is 1. The highest BCUT2D eigenvalue weighted by atomic mass is 16.7. The Bertz CT molecular complexity index is 598. The van der Waals surface area contributed by atoms with E-state index in [4.69, 9.17) is 14.2 Å². The molecule has 0 unspecified atom stereocenters. The molecule has 0 amide bonds. The highest BCUT2D eigenvalue weighted by molar-refractivity contribution is 5.66. The van der Waals surface area contributed by atoms with Crippen LogP contribution in [0.25, 0.3) is 11.3 Å². The molecule has 1 aromatic heterocycles. The van der Waals surface area contributed by atoms with E-state index in [1.54, 1.807) is 0 Å². The van der Waals surface area contributed by atoms with Gasteiger partial charge in [-0.25, -0.2) is 0 Å². The molecular formula is C15H19N3O3. The minimum absolute atomic E-state index is 0.285. The third-order valence-electron chi connectivity index (χ3n) is 3.32. The third kappa shape index (κ3) is 3.17. The SMILES string of the molecule is CCOCCNCc1cn[nH]c1-c1ccc2c(c1)OCO2. The lowest BCUT2D eigenvalue weighted by Crippen LogP contribution is -2.19. The van der Waals surface area contributed by atoms with Crippen LogP contribution in [0, 0.1) is 0 Å². The van der Waals surface area contributed by atoms with Gasteiger partial charge in [-0.05, 0) is 25.1 Å². The fourth-order valence-corrected chi connectivity index (χ4v) is 2.26. The summed E-state index contributed by atoms with van der Waals surface area (Å²) in [6.07, 6.45) is 1.84. The molecule has 2 heterocycles. The van der Waals surface area contributed by atoms with Crippen LogP contribution in [-0.2, 0) is 11.3 Å². The van der Waals surface area contributed by atoms with E-state index in [2.05, 4.69) is 15.5 Å². The molecule has 1 aliphatic heterocycles. The predicted molar refractivity (Wildman–Crippen MR) is 78.3 cm³/mol. The van der Waals surface area contributed by atoms with E-state index < -0.39 is 0 Å². The van der Waals surface area contributed by atoms with Crippen molar-refractivity contribution in [3.8, 4) is 22.8 Å². The number of benzene rings is 1. The van der Waals surface area contributed by atoms with Gasteiger partial charge in [0, 0.05) is 30.8 Å². The number of nitrogens with zero attached hydrogens (tertiary/aromatic N) is 1. The molecule has 2 N–H and O–H groups in total. The van der Waals surface area contributed by atoms with Crippen LogP contribution >= 0.6 is 0 Å². The fraction of sp³-hybridized carbons (Fsp3) is 0.400. The Balaban J connectivity index is 1.67. The van der Waals surface area contributed by atoms with Gasteiger partial charge in [0.05, 0.1) is 18.5 Å². The van der Waals surface area contributed by atoms with Gasteiger partial charge in [-0.3, -0.25) is 5.10 Å². The Hall–Kier alpha value is -2.05. The molecule has 0 fully saturated rings. The van der Waals surface area contributed by atoms with Crippen molar-refractivity contribution in [3.63, 3.8) is 0 Å². The molecule has 112 valence electrons. The first-order valence-electron chi connectivity index (χ1n) is 7.09. The van der Waals surface area contributed by atoms with Gasteiger partial charge in [0.25, 0.3) is 0 Å². The summed E-state index contributed by atoms with van der Waals surface area (Å²) in [5.74, 6) is 1.56. The minimum Gasteiger partial charge on any atom is -0.454 e. The van der Waals surface area contributed by atoms with Crippen LogP contribution in [0.5, 0.6) is 11.5 Å². The molecular weight excluding hydrogens is 270 g/mol. The molecule has 21 heavy (non-hydrogen) atoms. The van der Waals surface area contributed by atoms with Crippen molar-refractivity contribution in [1.29, 1.82) is 0 Å². The van der Waals surface area contributed by atoms with E-state index in [1.807, 2.05) is 31.3 Å². The maximum absolute atomic E-state index is 5.41. The smallest absolute Gasteiger partial charge is 0.231 e. The first kappa shape index (κ1) is 13.9. The number of aromatic nitrogens is 2. The van der Waals surface area contributed by atoms with Gasteiger partial charge in [-0.1, -0.05) is 0 Å². The summed E-state index contributed by atoms with van der Waals surface area (Å²) in [6.45, 7) is 5.30. The predicted octanol–water partition coefficient (Wildman–Crippen LogP) is 1.93. The fourth-order valence-electron chi connectivity index (χ4n) is 2.26. The van der Waals surface area contributed by atoms with Gasteiger partial charge < -0.3 is 19.5 Å². The Kier molecular flexibility index (Phi) is 4.37. The average Bonchev–Trinajstić information content (AvgIpc) is 3.15. The second-order valence-corrected chi connectivity index (χ2v) is 4.71. The van der Waals surface area contributed by atoms with Crippen LogP contribution in [-0.4, -0.2) is 36.7 Å². The van der Waals surface area contributed by atoms with Crippen LogP contribution in [0.1, 0.15) is 12.5 Å². The molecule has 1 aromatic carbocycles. The van der Waals surface area contributed by atoms with Gasteiger partial charge in [0.1, 0.15) is 0 Å². The van der Waals surface area contributed by atoms with E-state index >= 15 is 0 Å². The highest BCUT2D eigenvalue weighted by Gasteiger charge is 2.15. The van der Waals surface area contributed by atoms with Crippen molar-refractivity contribution < 1.29 is 14.2 Å². The number of nitrogens with one attached hydrogen (secondary N) is 2. The Morgan fingerprint density at radius 3 is 3.14 bits per heavy atom. The number of fused-ring (bicyclic) bond motifs is 1. The zero-order valence-corrected chi connectivity index (χ0v) is 12.0. The summed E-state index contributed by atoms with van der Waals surface area (Å²) in [5.41, 5.74) is 3.15. The maximum atomic E-state index is 5.41. The second-order valence-electron chi connectivity index (χ2n) is 4.71. The number of hydrogen-bond donors (Lipinski definition) is 2. The lowest BCUT2D eigenvalue weighted by atomic mass is 10.1. The van der Waals surface area contributed by atoms with Crippen LogP contribution < -0.4 is 14.8 Å². The Labute approximate surface area is 123 Å². The molecule has 0 atom stereocenters. The Morgan fingerprint density at radius 1 is 1.33 bits per heavy atom. The van der Waals surface area contributed by atoms with Crippen molar-refractivity contribution in [2.45, 2.75) is 13.5 Å². The highest BCUT2D eigenvalue weighted by Crippen LogP contribution is 2.36. The molecule has 2 aromatic rings. The number of ether oxygens (including phenoxy) is 3. The normalized spacial score (nSPS) is 12.8. The van der Waals surface area contributed by atoms with Gasteiger partial charge in [-0.2, -0.15) is 5.10 Å². The van der Waals surface area contributed by atoms with E-state index in [-0.39, 0.29) is 6.79 Å². The maximum Gasteiger partial charge on any atom is 0.231 e. The summed E-state index contributed by atoms with van der Waals surface area (Å²) < 4.78 is 16.0. The molecule has 6 nitrogen and oxygen atoms in total. The van der Waals surface area contributed by atoms with Crippen molar-refractivity contribution >= 4 is 0 Å². The lowest BCUT2D eigenvalue weighted by molar-refractivity contribution is 0.149. The van der Waals surface area contributed by atoms with E-state index in [0.717, 1.165) is 48.0 Å². The summed E-state index contributed by atoms with van der Waals surface area (Å²) in [6, 6.07) is 5.90. The number of hydrogen-bond acceptors (Lipinski definition) is 5. The van der Waals surface area contributed by atoms with Crippen molar-refractivity contribution in [2.75, 3.05) is 26.6 Å². The zero-order valence-electron chi connectivity index (χ0n) is 12.0. The molecule has 0 radical (unpaired) electrons. The molecule has 6 heteroatoms. The van der Waals surface area contributed by atoms with Crippen LogP contribution in [0.15, 0.2) is 24.4 Å². The van der Waals surface area contributed by atoms with Crippen LogP contribution in [0.2, 0.25) is 0 Å². The zero-order chi connectivity index (χ0) is 14.5. The van der Waals surface area contributed by atoms with Crippen LogP contribution in [0.3, 0.4) is 0 Å². The molecule has 0 bridgehead atoms. The van der Waals surface area contributed by atoms with Gasteiger partial charge in [-0.15, -0.1) is 0 Å². The third-order valence-corrected chi connectivity index (χ3v) is 3.32. The number of rotatable bonds is 7. The summed E-state index contributed by atoms with van der Waals surface area (Å²) in [5, 5.41) is 10.5. The topological polar surface area (TPSA) is 68.4 Å². The Morgan fingerprint density at radius 2 is 2.24 bits per heavy atom. The van der Waals surface area contributed by atoms with Crippen molar-refractivity contribution in [3.05, 3.63) is 30.0 Å². The van der Waals surface area contributed by atoms with Crippen LogP contribution in [0.4, 0.5) is 0 Å². The molecule has 0 saturated carbocycles. The molecule has 0 aliphatic carbocycles. The number of H-pyrrole nitrogens is 1. The summed E-state index contributed by atoms with van der Waals surface area (Å²) >= 11 is 0. The molecule has 0 saturated heterocycles. The van der Waals surface area contributed by atoms with Gasteiger partial charge >= 0.3 is 0 Å². The molecule has 1 aliphatic rings. The second kappa shape index (κ2) is 6.60. The van der Waals surface area contributed by atoms with E-state index in [1.165, 1.54) is 0 Å². The van der Waals surface area contributed by atoms with Crippen molar-refractivity contribution in [2.24, 2.45) is 0 Å². The van der Waals surface area contributed by atoms with Crippen molar-refractivity contribution in [1.82, 2.24) is 15.5 Å². The van der Waals surface area contributed by atoms with E-state index in [0.29, 0.717) is 6.61 Å². The minimum atomic E-state index is 0.285. The largest absolute Gasteiger partial charge is 0.454 e. The first-order valence-corrected chi connectivity index (χ1v) is 7.09. The average molecular weight is 289 g/mol.